The maximum atomic E-state index is 5.88. The summed E-state index contributed by atoms with van der Waals surface area (Å²) in [5.41, 5.74) is 3.16. The molecule has 4 rings (SSSR count). The lowest BCUT2D eigenvalue weighted by Gasteiger charge is -2.06. The average Bonchev–Trinajstić information content (AvgIpc) is 3.22. The van der Waals surface area contributed by atoms with E-state index in [-0.39, 0.29) is 0 Å². The van der Waals surface area contributed by atoms with Crippen LogP contribution in [0.1, 0.15) is 17.1 Å². The van der Waals surface area contributed by atoms with E-state index < -0.39 is 0 Å². The van der Waals surface area contributed by atoms with Crippen molar-refractivity contribution in [2.24, 2.45) is 7.05 Å². The maximum absolute atomic E-state index is 5.88. The Balaban J connectivity index is 1.40. The summed E-state index contributed by atoms with van der Waals surface area (Å²) in [6.45, 7) is 2.42. The van der Waals surface area contributed by atoms with Crippen LogP contribution in [0, 0.1) is 6.92 Å². The fraction of sp³-hybridized carbons (Fsp3) is 0.211. The van der Waals surface area contributed by atoms with Crippen molar-refractivity contribution in [3.8, 4) is 5.75 Å². The van der Waals surface area contributed by atoms with Crippen LogP contribution in [-0.4, -0.2) is 24.1 Å². The molecule has 0 aliphatic carbocycles. The molecule has 27 heavy (non-hydrogen) atoms. The summed E-state index contributed by atoms with van der Waals surface area (Å²) in [4.78, 5) is 4.64. The molecular weight excluding hydrogens is 382 g/mol. The number of halogens is 1. The minimum atomic E-state index is 0.347. The number of hydrogen-bond acceptors (Lipinski definition) is 5. The SMILES string of the molecule is Cc1ccc2nc(CSc3nnc(COc4ccc(Cl)cc4)n3C)cn2c1. The van der Waals surface area contributed by atoms with Crippen molar-refractivity contribution < 1.29 is 4.74 Å². The fourth-order valence-corrected chi connectivity index (χ4v) is 3.58. The van der Waals surface area contributed by atoms with Gasteiger partial charge < -0.3 is 13.7 Å². The normalized spacial score (nSPS) is 11.2. The number of aromatic nitrogens is 5. The van der Waals surface area contributed by atoms with Crippen molar-refractivity contribution in [3.63, 3.8) is 0 Å². The highest BCUT2D eigenvalue weighted by molar-refractivity contribution is 7.98. The second-order valence-corrected chi connectivity index (χ2v) is 7.57. The zero-order chi connectivity index (χ0) is 18.8. The number of benzene rings is 1. The van der Waals surface area contributed by atoms with Crippen LogP contribution >= 0.6 is 23.4 Å². The van der Waals surface area contributed by atoms with E-state index in [0.717, 1.165) is 33.8 Å². The highest BCUT2D eigenvalue weighted by Gasteiger charge is 2.11. The van der Waals surface area contributed by atoms with Crippen LogP contribution in [0.2, 0.25) is 5.02 Å². The van der Waals surface area contributed by atoms with E-state index in [1.54, 1.807) is 23.9 Å². The van der Waals surface area contributed by atoms with Crippen LogP contribution in [0.25, 0.3) is 5.65 Å². The van der Waals surface area contributed by atoms with E-state index in [2.05, 4.69) is 40.6 Å². The van der Waals surface area contributed by atoms with Gasteiger partial charge in [-0.3, -0.25) is 0 Å². The first-order valence-corrected chi connectivity index (χ1v) is 9.78. The van der Waals surface area contributed by atoms with Gasteiger partial charge in [-0.1, -0.05) is 29.4 Å². The molecule has 1 aromatic carbocycles. The molecule has 0 fully saturated rings. The predicted octanol–water partition coefficient (Wildman–Crippen LogP) is 4.30. The summed E-state index contributed by atoms with van der Waals surface area (Å²) in [7, 11) is 1.94. The summed E-state index contributed by atoms with van der Waals surface area (Å²) in [6.07, 6.45) is 4.13. The van der Waals surface area contributed by atoms with Crippen LogP contribution in [0.5, 0.6) is 5.75 Å². The number of pyridine rings is 1. The third-order valence-electron chi connectivity index (χ3n) is 4.10. The Labute approximate surface area is 166 Å². The molecule has 0 N–H and O–H groups in total. The number of fused-ring (bicyclic) bond motifs is 1. The first-order valence-electron chi connectivity index (χ1n) is 8.42. The fourth-order valence-electron chi connectivity index (χ4n) is 2.64. The smallest absolute Gasteiger partial charge is 0.191 e. The molecule has 0 unspecified atom stereocenters. The van der Waals surface area contributed by atoms with E-state index in [1.165, 1.54) is 5.56 Å². The molecule has 3 heterocycles. The summed E-state index contributed by atoms with van der Waals surface area (Å²) in [6, 6.07) is 11.3. The molecule has 138 valence electrons. The van der Waals surface area contributed by atoms with Gasteiger partial charge in [-0.15, -0.1) is 10.2 Å². The molecule has 0 amide bonds. The van der Waals surface area contributed by atoms with Gasteiger partial charge >= 0.3 is 0 Å². The topological polar surface area (TPSA) is 57.2 Å². The van der Waals surface area contributed by atoms with E-state index in [4.69, 9.17) is 16.3 Å². The molecule has 8 heteroatoms. The van der Waals surface area contributed by atoms with Crippen LogP contribution in [0.15, 0.2) is 53.9 Å². The molecule has 6 nitrogen and oxygen atoms in total. The van der Waals surface area contributed by atoms with Gasteiger partial charge in [-0.25, -0.2) is 4.98 Å². The van der Waals surface area contributed by atoms with Gasteiger partial charge in [0.1, 0.15) is 18.0 Å². The molecule has 0 bridgehead atoms. The number of nitrogens with zero attached hydrogens (tertiary/aromatic N) is 5. The molecule has 0 aliphatic rings. The predicted molar refractivity (Wildman–Crippen MR) is 106 cm³/mol. The third-order valence-corrected chi connectivity index (χ3v) is 5.41. The number of aryl methyl sites for hydroxylation is 1. The Morgan fingerprint density at radius 1 is 1.07 bits per heavy atom. The van der Waals surface area contributed by atoms with Gasteiger partial charge in [0.05, 0.1) is 5.69 Å². The highest BCUT2D eigenvalue weighted by Crippen LogP contribution is 2.22. The first-order chi connectivity index (χ1) is 13.1. The zero-order valence-electron chi connectivity index (χ0n) is 15.0. The van der Waals surface area contributed by atoms with Crippen molar-refractivity contribution in [3.05, 3.63) is 70.9 Å². The minimum Gasteiger partial charge on any atom is -0.486 e. The summed E-state index contributed by atoms with van der Waals surface area (Å²) >= 11 is 7.49. The Morgan fingerprint density at radius 3 is 2.70 bits per heavy atom. The largest absolute Gasteiger partial charge is 0.486 e. The van der Waals surface area contributed by atoms with Gasteiger partial charge in [0.15, 0.2) is 11.0 Å². The molecule has 0 radical (unpaired) electrons. The van der Waals surface area contributed by atoms with Gasteiger partial charge in [0.25, 0.3) is 0 Å². The van der Waals surface area contributed by atoms with Crippen LogP contribution in [0.4, 0.5) is 0 Å². The quantitative estimate of drug-likeness (QED) is 0.452. The molecule has 0 saturated heterocycles. The van der Waals surface area contributed by atoms with Crippen molar-refractivity contribution >= 4 is 29.0 Å². The third kappa shape index (κ3) is 4.09. The zero-order valence-corrected chi connectivity index (χ0v) is 16.5. The average molecular weight is 400 g/mol. The van der Waals surface area contributed by atoms with Gasteiger partial charge in [0, 0.05) is 30.2 Å². The van der Waals surface area contributed by atoms with Crippen LogP contribution in [0.3, 0.4) is 0 Å². The van der Waals surface area contributed by atoms with E-state index in [0.29, 0.717) is 11.6 Å². The van der Waals surface area contributed by atoms with E-state index in [9.17, 15) is 0 Å². The van der Waals surface area contributed by atoms with E-state index >= 15 is 0 Å². The maximum Gasteiger partial charge on any atom is 0.191 e. The van der Waals surface area contributed by atoms with E-state index in [1.807, 2.05) is 34.2 Å². The molecule has 0 aliphatic heterocycles. The lowest BCUT2D eigenvalue weighted by Crippen LogP contribution is -2.04. The Bertz CT molecular complexity index is 1070. The second kappa shape index (κ2) is 7.62. The summed E-state index contributed by atoms with van der Waals surface area (Å²) < 4.78 is 9.74. The van der Waals surface area contributed by atoms with Crippen molar-refractivity contribution in [1.29, 1.82) is 0 Å². The van der Waals surface area contributed by atoms with Crippen molar-refractivity contribution in [1.82, 2.24) is 24.1 Å². The Hall–Kier alpha value is -2.51. The Morgan fingerprint density at radius 2 is 1.89 bits per heavy atom. The van der Waals surface area contributed by atoms with Gasteiger partial charge in [0.2, 0.25) is 0 Å². The molecule has 0 saturated carbocycles. The number of imidazole rings is 1. The summed E-state index contributed by atoms with van der Waals surface area (Å²) in [5, 5.41) is 10.0. The number of hydrogen-bond donors (Lipinski definition) is 0. The molecule has 0 atom stereocenters. The number of ether oxygens (including phenoxy) is 1. The van der Waals surface area contributed by atoms with Crippen LogP contribution in [-0.2, 0) is 19.4 Å². The number of rotatable bonds is 6. The minimum absolute atomic E-state index is 0.347. The molecule has 0 spiro atoms. The molecular formula is C19H18ClN5OS. The molecule has 4 aromatic rings. The van der Waals surface area contributed by atoms with Gasteiger partial charge in [-0.05, 0) is 42.8 Å². The standard InChI is InChI=1S/C19H18ClN5OS/c1-13-3-8-17-21-15(10-25(17)9-13)12-27-19-23-22-18(24(19)2)11-26-16-6-4-14(20)5-7-16/h3-10H,11-12H2,1-2H3. The lowest BCUT2D eigenvalue weighted by atomic mass is 10.3. The summed E-state index contributed by atoms with van der Waals surface area (Å²) in [5.74, 6) is 2.24. The van der Waals surface area contributed by atoms with Crippen LogP contribution < -0.4 is 4.74 Å². The number of thioether (sulfide) groups is 1. The second-order valence-electron chi connectivity index (χ2n) is 6.19. The van der Waals surface area contributed by atoms with Crippen molar-refractivity contribution in [2.45, 2.75) is 24.4 Å². The highest BCUT2D eigenvalue weighted by atomic mass is 35.5. The van der Waals surface area contributed by atoms with Gasteiger partial charge in [-0.2, -0.15) is 0 Å². The molecule has 3 aromatic heterocycles. The lowest BCUT2D eigenvalue weighted by molar-refractivity contribution is 0.290. The first kappa shape index (κ1) is 17.9. The monoisotopic (exact) mass is 399 g/mol. The Kier molecular flexibility index (Phi) is 5.05. The van der Waals surface area contributed by atoms with Crippen molar-refractivity contribution in [2.75, 3.05) is 0 Å².